The summed E-state index contributed by atoms with van der Waals surface area (Å²) in [5.41, 5.74) is 2.05. The predicted molar refractivity (Wildman–Crippen MR) is 48.7 cm³/mol. The third-order valence-corrected chi connectivity index (χ3v) is 1.36. The molecule has 0 saturated carbocycles. The SMILES string of the molecule is O=[S-](=O)O.[Ag].c1ccc2c(c1)[N-]C[N-]2. The molecule has 5 nitrogen and oxygen atoms in total. The van der Waals surface area contributed by atoms with E-state index in [0.717, 1.165) is 11.4 Å². The third kappa shape index (κ3) is 4.64. The van der Waals surface area contributed by atoms with Gasteiger partial charge in [-0.05, 0) is 0 Å². The van der Waals surface area contributed by atoms with E-state index in [1.54, 1.807) is 0 Å². The van der Waals surface area contributed by atoms with Crippen molar-refractivity contribution in [2.75, 3.05) is 6.67 Å². The zero-order valence-corrected chi connectivity index (χ0v) is 9.18. The summed E-state index contributed by atoms with van der Waals surface area (Å²) in [4.78, 5) is 0. The van der Waals surface area contributed by atoms with E-state index in [2.05, 4.69) is 10.6 Å². The monoisotopic (exact) mass is 306 g/mol. The Hall–Kier alpha value is -0.530. The summed E-state index contributed by atoms with van der Waals surface area (Å²) in [5.74, 6) is 0. The van der Waals surface area contributed by atoms with Gasteiger partial charge in [-0.2, -0.15) is 11.4 Å². The average Bonchev–Trinajstić information content (AvgIpc) is 2.49. The fraction of sp³-hybridized carbons (Fsp3) is 0.143. The van der Waals surface area contributed by atoms with Crippen molar-refractivity contribution in [2.24, 2.45) is 0 Å². The molecule has 1 N–H and O–H groups in total. The van der Waals surface area contributed by atoms with Crippen LogP contribution < -0.4 is 0 Å². The van der Waals surface area contributed by atoms with Crippen LogP contribution in [0.25, 0.3) is 10.6 Å². The molecular formula is C7H7AgN2O3S-3. The number of para-hydroxylation sites is 2. The summed E-state index contributed by atoms with van der Waals surface area (Å²) >= 11 is 0. The molecule has 1 aliphatic rings. The Morgan fingerprint density at radius 1 is 1.14 bits per heavy atom. The average molecular weight is 307 g/mol. The summed E-state index contributed by atoms with van der Waals surface area (Å²) in [7, 11) is -2.86. The molecule has 0 amide bonds. The Kier molecular flexibility index (Phi) is 6.60. The van der Waals surface area contributed by atoms with Crippen LogP contribution in [0.1, 0.15) is 0 Å². The van der Waals surface area contributed by atoms with Crippen LogP contribution in [-0.4, -0.2) is 11.2 Å². The largest absolute Gasteiger partial charge is 0.700 e. The van der Waals surface area contributed by atoms with Crippen molar-refractivity contribution < 1.29 is 35.4 Å². The number of rotatable bonds is 0. The van der Waals surface area contributed by atoms with E-state index in [0.29, 0.717) is 6.67 Å². The van der Waals surface area contributed by atoms with Gasteiger partial charge in [0.05, 0.1) is 0 Å². The van der Waals surface area contributed by atoms with Crippen LogP contribution in [-0.2, 0) is 41.8 Å². The summed E-state index contributed by atoms with van der Waals surface area (Å²) in [5, 5.41) is 8.27. The van der Waals surface area contributed by atoms with Gasteiger partial charge in [-0.15, -0.1) is 0 Å². The van der Waals surface area contributed by atoms with E-state index < -0.39 is 11.0 Å². The molecule has 0 atom stereocenters. The maximum absolute atomic E-state index is 8.56. The second kappa shape index (κ2) is 6.86. The van der Waals surface area contributed by atoms with Crippen LogP contribution in [0.4, 0.5) is 11.4 Å². The summed E-state index contributed by atoms with van der Waals surface area (Å²) in [6.07, 6.45) is 0. The first-order chi connectivity index (χ1) is 6.20. The number of fused-ring (bicyclic) bond motifs is 1. The molecule has 1 heterocycles. The molecule has 14 heavy (non-hydrogen) atoms. The van der Waals surface area contributed by atoms with E-state index in [4.69, 9.17) is 13.0 Å². The van der Waals surface area contributed by atoms with Crippen molar-refractivity contribution in [2.45, 2.75) is 0 Å². The van der Waals surface area contributed by atoms with Gasteiger partial charge in [-0.1, -0.05) is 24.3 Å². The van der Waals surface area contributed by atoms with Crippen molar-refractivity contribution in [1.29, 1.82) is 0 Å². The Morgan fingerprint density at radius 3 is 1.86 bits per heavy atom. The smallest absolute Gasteiger partial charge is 0.0495 e. The van der Waals surface area contributed by atoms with Gasteiger partial charge in [0.25, 0.3) is 0 Å². The Labute approximate surface area is 99.2 Å². The third-order valence-electron chi connectivity index (χ3n) is 1.36. The predicted octanol–water partition coefficient (Wildman–Crippen LogP) is 2.43. The van der Waals surface area contributed by atoms with Gasteiger partial charge in [0.15, 0.2) is 0 Å². The van der Waals surface area contributed by atoms with Crippen molar-refractivity contribution in [3.63, 3.8) is 0 Å². The molecule has 0 unspecified atom stereocenters. The Bertz CT molecular complexity index is 326. The maximum Gasteiger partial charge on any atom is 0.0495 e. The number of benzene rings is 1. The second-order valence-electron chi connectivity index (χ2n) is 2.16. The molecule has 2 rings (SSSR count). The zero-order valence-electron chi connectivity index (χ0n) is 6.88. The van der Waals surface area contributed by atoms with E-state index >= 15 is 0 Å². The number of hydrogen-bond acceptors (Lipinski definition) is 3. The maximum atomic E-state index is 8.56. The molecule has 0 bridgehead atoms. The molecule has 1 radical (unpaired) electrons. The fourth-order valence-electron chi connectivity index (χ4n) is 0.919. The van der Waals surface area contributed by atoms with Gasteiger partial charge >= 0.3 is 0 Å². The van der Waals surface area contributed by atoms with Crippen LogP contribution in [0.3, 0.4) is 0 Å². The standard InChI is InChI=1S/C7H6N2.Ag.HO3S/c1-2-4-7-6(3-1)8-5-9-7;;1-4(2)3/h1-4H,5H2;;(H,1,2,3)/q-2;;-1. The molecular weight excluding hydrogens is 300 g/mol. The number of nitrogens with zero attached hydrogens (tertiary/aromatic N) is 2. The molecule has 1 aromatic rings. The molecule has 0 aliphatic carbocycles. The normalized spacial score (nSPS) is 11.3. The van der Waals surface area contributed by atoms with Gasteiger partial charge in [0, 0.05) is 33.4 Å². The van der Waals surface area contributed by atoms with Crippen LogP contribution in [0.5, 0.6) is 0 Å². The Morgan fingerprint density at radius 2 is 1.50 bits per heavy atom. The van der Waals surface area contributed by atoms with E-state index in [9.17, 15) is 0 Å². The van der Waals surface area contributed by atoms with E-state index in [1.807, 2.05) is 24.3 Å². The first kappa shape index (κ1) is 13.5. The van der Waals surface area contributed by atoms with E-state index in [1.165, 1.54) is 0 Å². The summed E-state index contributed by atoms with van der Waals surface area (Å²) in [6.45, 7) is 0.610. The molecule has 1 aliphatic heterocycles. The number of hydrogen-bond donors (Lipinski definition) is 1. The fourth-order valence-corrected chi connectivity index (χ4v) is 0.919. The minimum atomic E-state index is -2.86. The topological polar surface area (TPSA) is 82.6 Å². The molecule has 7 heteroatoms. The van der Waals surface area contributed by atoms with E-state index in [-0.39, 0.29) is 22.4 Å². The molecule has 0 saturated heterocycles. The van der Waals surface area contributed by atoms with Crippen molar-refractivity contribution in [3.05, 3.63) is 34.9 Å². The van der Waals surface area contributed by atoms with Crippen LogP contribution in [0, 0.1) is 0 Å². The van der Waals surface area contributed by atoms with Crippen molar-refractivity contribution >= 4 is 22.4 Å². The summed E-state index contributed by atoms with van der Waals surface area (Å²) < 4.78 is 24.1. The first-order valence-electron chi connectivity index (χ1n) is 3.42. The molecule has 0 fully saturated rings. The Balaban J connectivity index is 0.000000299. The van der Waals surface area contributed by atoms with Crippen LogP contribution in [0.15, 0.2) is 24.3 Å². The minimum absolute atomic E-state index is 0. The molecule has 83 valence electrons. The molecule has 0 spiro atoms. The van der Waals surface area contributed by atoms with Crippen LogP contribution in [0.2, 0.25) is 0 Å². The minimum Gasteiger partial charge on any atom is -0.700 e. The summed E-state index contributed by atoms with van der Waals surface area (Å²) in [6, 6.07) is 7.91. The van der Waals surface area contributed by atoms with Crippen molar-refractivity contribution in [3.8, 4) is 0 Å². The molecule has 0 aromatic heterocycles. The quantitative estimate of drug-likeness (QED) is 0.346. The first-order valence-corrected chi connectivity index (χ1v) is 4.45. The van der Waals surface area contributed by atoms with Gasteiger partial charge in [-0.25, -0.2) is 6.67 Å². The van der Waals surface area contributed by atoms with Gasteiger partial charge < -0.3 is 23.6 Å². The second-order valence-corrected chi connectivity index (χ2v) is 2.60. The molecule has 1 aromatic carbocycles. The van der Waals surface area contributed by atoms with Crippen LogP contribution >= 0.6 is 0 Å². The van der Waals surface area contributed by atoms with Gasteiger partial charge in [0.2, 0.25) is 0 Å². The van der Waals surface area contributed by atoms with Crippen molar-refractivity contribution in [1.82, 2.24) is 0 Å². The van der Waals surface area contributed by atoms with Gasteiger partial charge in [-0.3, -0.25) is 0 Å². The zero-order chi connectivity index (χ0) is 9.68. The van der Waals surface area contributed by atoms with Gasteiger partial charge in [0.1, 0.15) is 0 Å².